The molecule has 0 amide bonds. The van der Waals surface area contributed by atoms with Crippen molar-refractivity contribution in [3.63, 3.8) is 0 Å². The molecule has 0 bridgehead atoms. The highest BCUT2D eigenvalue weighted by Crippen LogP contribution is 2.29. The number of rotatable bonds is 6. The van der Waals surface area contributed by atoms with Gasteiger partial charge in [-0.05, 0) is 0 Å². The van der Waals surface area contributed by atoms with Crippen molar-refractivity contribution < 1.29 is 18.2 Å². The molecule has 0 aromatic carbocycles. The lowest BCUT2D eigenvalue weighted by Crippen LogP contribution is -2.41. The maximum atomic E-state index is 8.80. The van der Waals surface area contributed by atoms with Gasteiger partial charge in [0.05, 0.1) is 19.3 Å². The summed E-state index contributed by atoms with van der Waals surface area (Å²) in [5.74, 6) is 0. The molecule has 0 aromatic heterocycles. The first-order valence-corrected chi connectivity index (χ1v) is 6.32. The second-order valence-electron chi connectivity index (χ2n) is 4.13. The average molecular weight is 253 g/mol. The molecule has 1 rings (SSSR count). The summed E-state index contributed by atoms with van der Waals surface area (Å²) < 4.78 is 16.7. The lowest BCUT2D eigenvalue weighted by Gasteiger charge is -2.20. The highest BCUT2D eigenvalue weighted by molar-refractivity contribution is 7.89. The van der Waals surface area contributed by atoms with E-state index in [0.717, 1.165) is 0 Å². The van der Waals surface area contributed by atoms with Crippen LogP contribution in [0.4, 0.5) is 0 Å². The summed E-state index contributed by atoms with van der Waals surface area (Å²) in [6.07, 6.45) is -0.0577. The zero-order chi connectivity index (χ0) is 12.2. The van der Waals surface area contributed by atoms with Crippen LogP contribution < -0.4 is 11.5 Å². The molecule has 0 radical (unpaired) electrons. The van der Waals surface area contributed by atoms with E-state index in [1.54, 1.807) is 0 Å². The largest absolute Gasteiger partial charge is 0.395 e. The van der Waals surface area contributed by atoms with Crippen molar-refractivity contribution in [3.8, 4) is 0 Å². The predicted molar refractivity (Wildman–Crippen MR) is 62.3 cm³/mol. The SMILES string of the molecule is CC(C)(OCC(N)CO)[S+]1OCC(CN)O1. The summed E-state index contributed by atoms with van der Waals surface area (Å²) in [5, 5.41) is 8.80. The Kier molecular flexibility index (Phi) is 5.45. The zero-order valence-corrected chi connectivity index (χ0v) is 10.5. The van der Waals surface area contributed by atoms with Crippen LogP contribution in [0.5, 0.6) is 0 Å². The lowest BCUT2D eigenvalue weighted by molar-refractivity contribution is 0.0210. The van der Waals surface area contributed by atoms with Gasteiger partial charge >= 0.3 is 11.5 Å². The Balaban J connectivity index is 2.38. The molecule has 6 nitrogen and oxygen atoms in total. The molecular formula is C9H21N2O4S+. The van der Waals surface area contributed by atoms with Crippen LogP contribution in [0.25, 0.3) is 0 Å². The molecule has 7 heteroatoms. The molecule has 96 valence electrons. The molecule has 0 spiro atoms. The summed E-state index contributed by atoms with van der Waals surface area (Å²) in [6, 6.07) is -0.379. The van der Waals surface area contributed by atoms with Gasteiger partial charge in [0.2, 0.25) is 0 Å². The van der Waals surface area contributed by atoms with E-state index in [2.05, 4.69) is 0 Å². The van der Waals surface area contributed by atoms with Crippen molar-refractivity contribution >= 4 is 11.5 Å². The molecule has 1 aliphatic heterocycles. The van der Waals surface area contributed by atoms with Crippen LogP contribution >= 0.6 is 0 Å². The number of aliphatic hydroxyl groups excluding tert-OH is 1. The first kappa shape index (κ1) is 14.2. The fraction of sp³-hybridized carbons (Fsp3) is 1.00. The van der Waals surface area contributed by atoms with Gasteiger partial charge in [-0.3, -0.25) is 0 Å². The minimum Gasteiger partial charge on any atom is -0.395 e. The normalized spacial score (nSPS) is 28.3. The van der Waals surface area contributed by atoms with E-state index < -0.39 is 16.4 Å². The fourth-order valence-corrected chi connectivity index (χ4v) is 2.48. The van der Waals surface area contributed by atoms with Gasteiger partial charge < -0.3 is 21.3 Å². The summed E-state index contributed by atoms with van der Waals surface area (Å²) >= 11 is -0.725. The van der Waals surface area contributed by atoms with E-state index in [-0.39, 0.29) is 25.4 Å². The quantitative estimate of drug-likeness (QED) is 0.519. The third kappa shape index (κ3) is 3.85. The number of hydrogen-bond donors (Lipinski definition) is 3. The minimum absolute atomic E-state index is 0.0577. The molecular weight excluding hydrogens is 232 g/mol. The van der Waals surface area contributed by atoms with Crippen molar-refractivity contribution in [2.75, 3.05) is 26.4 Å². The Bertz CT molecular complexity index is 218. The smallest absolute Gasteiger partial charge is 0.351 e. The minimum atomic E-state index is -0.725. The van der Waals surface area contributed by atoms with Crippen LogP contribution in [0.1, 0.15) is 13.8 Å². The van der Waals surface area contributed by atoms with E-state index in [1.165, 1.54) is 0 Å². The summed E-state index contributed by atoms with van der Waals surface area (Å²) in [4.78, 5) is -0.573. The Labute approximate surface area is 99.0 Å². The van der Waals surface area contributed by atoms with Gasteiger partial charge in [0.25, 0.3) is 4.93 Å². The van der Waals surface area contributed by atoms with Crippen molar-refractivity contribution in [1.82, 2.24) is 0 Å². The molecule has 5 N–H and O–H groups in total. The van der Waals surface area contributed by atoms with Crippen LogP contribution in [0.3, 0.4) is 0 Å². The topological polar surface area (TPSA) is 100.0 Å². The first-order chi connectivity index (χ1) is 7.49. The third-order valence-electron chi connectivity index (χ3n) is 2.13. The third-order valence-corrected chi connectivity index (χ3v) is 3.85. The summed E-state index contributed by atoms with van der Waals surface area (Å²) in [5.41, 5.74) is 11.0. The Morgan fingerprint density at radius 2 is 2.31 bits per heavy atom. The number of hydrogen-bond acceptors (Lipinski definition) is 6. The van der Waals surface area contributed by atoms with Crippen molar-refractivity contribution in [2.24, 2.45) is 11.5 Å². The number of aliphatic hydroxyl groups is 1. The van der Waals surface area contributed by atoms with Gasteiger partial charge in [-0.2, -0.15) is 0 Å². The van der Waals surface area contributed by atoms with Gasteiger partial charge in [-0.15, -0.1) is 8.37 Å². The second-order valence-corrected chi connectivity index (χ2v) is 6.01. The van der Waals surface area contributed by atoms with Crippen molar-refractivity contribution in [2.45, 2.75) is 30.9 Å². The second kappa shape index (κ2) is 6.15. The zero-order valence-electron chi connectivity index (χ0n) is 9.72. The summed E-state index contributed by atoms with van der Waals surface area (Å²) in [6.45, 7) is 4.86. The average Bonchev–Trinajstić information content (AvgIpc) is 2.75. The van der Waals surface area contributed by atoms with E-state index in [1.807, 2.05) is 13.8 Å². The van der Waals surface area contributed by atoms with Gasteiger partial charge in [0.1, 0.15) is 6.61 Å². The van der Waals surface area contributed by atoms with E-state index >= 15 is 0 Å². The maximum Gasteiger partial charge on any atom is 0.351 e. The molecule has 0 aliphatic carbocycles. The van der Waals surface area contributed by atoms with Crippen LogP contribution in [0, 0.1) is 0 Å². The summed E-state index contributed by atoms with van der Waals surface area (Å²) in [7, 11) is 0. The highest BCUT2D eigenvalue weighted by atomic mass is 32.2. The van der Waals surface area contributed by atoms with Crippen LogP contribution in [-0.2, 0) is 24.6 Å². The van der Waals surface area contributed by atoms with Crippen LogP contribution in [0.2, 0.25) is 0 Å². The van der Waals surface area contributed by atoms with Gasteiger partial charge in [0, 0.05) is 20.4 Å². The van der Waals surface area contributed by atoms with Crippen molar-refractivity contribution in [3.05, 3.63) is 0 Å². The molecule has 0 saturated carbocycles. The molecule has 3 atom stereocenters. The predicted octanol–water partition coefficient (Wildman–Crippen LogP) is -1.12. The number of ether oxygens (including phenoxy) is 1. The molecule has 1 heterocycles. The van der Waals surface area contributed by atoms with Crippen LogP contribution in [-0.4, -0.2) is 48.6 Å². The number of nitrogens with two attached hydrogens (primary N) is 2. The van der Waals surface area contributed by atoms with Crippen molar-refractivity contribution in [1.29, 1.82) is 0 Å². The molecule has 16 heavy (non-hydrogen) atoms. The molecule has 0 aromatic rings. The van der Waals surface area contributed by atoms with Gasteiger partial charge in [-0.1, -0.05) is 0 Å². The van der Waals surface area contributed by atoms with Gasteiger partial charge in [0.15, 0.2) is 6.10 Å². The standard InChI is InChI=1S/C9H21N2O4S/c1-9(2,13-5-7(11)4-12)16-14-6-8(3-10)15-16/h7-8,12H,3-6,10-11H2,1-2H3/q+1. The fourth-order valence-electron chi connectivity index (χ4n) is 1.09. The molecule has 1 fully saturated rings. The lowest BCUT2D eigenvalue weighted by atomic mass is 10.3. The Hall–Kier alpha value is 0.110. The van der Waals surface area contributed by atoms with E-state index in [9.17, 15) is 0 Å². The molecule has 1 saturated heterocycles. The van der Waals surface area contributed by atoms with Crippen LogP contribution in [0.15, 0.2) is 0 Å². The Morgan fingerprint density at radius 1 is 1.62 bits per heavy atom. The first-order valence-electron chi connectivity index (χ1n) is 5.25. The Morgan fingerprint density at radius 3 is 2.81 bits per heavy atom. The van der Waals surface area contributed by atoms with E-state index in [0.29, 0.717) is 13.2 Å². The van der Waals surface area contributed by atoms with E-state index in [4.69, 9.17) is 29.7 Å². The molecule has 3 unspecified atom stereocenters. The van der Waals surface area contributed by atoms with Gasteiger partial charge in [-0.25, -0.2) is 0 Å². The monoisotopic (exact) mass is 253 g/mol. The maximum absolute atomic E-state index is 8.80. The highest BCUT2D eigenvalue weighted by Gasteiger charge is 2.52. The molecule has 1 aliphatic rings.